The fourth-order valence-electron chi connectivity index (χ4n) is 3.40. The Morgan fingerprint density at radius 3 is 3.00 bits per heavy atom. The predicted octanol–water partition coefficient (Wildman–Crippen LogP) is 3.41. The fraction of sp³-hybridized carbons (Fsp3) is 0.632. The van der Waals surface area contributed by atoms with Crippen molar-refractivity contribution in [2.45, 2.75) is 69.5 Å². The second-order valence-corrected chi connectivity index (χ2v) is 8.19. The number of nitrogens with one attached hydrogen (secondary N) is 1. The summed E-state index contributed by atoms with van der Waals surface area (Å²) in [5.41, 5.74) is 2.26. The van der Waals surface area contributed by atoms with Crippen molar-refractivity contribution in [3.05, 3.63) is 33.8 Å². The molecular formula is C19H27N3O2S. The summed E-state index contributed by atoms with van der Waals surface area (Å²) >= 11 is 1.57. The average Bonchev–Trinajstić information content (AvgIpc) is 2.99. The first-order chi connectivity index (χ1) is 12.0. The number of amides is 1. The van der Waals surface area contributed by atoms with Gasteiger partial charge in [-0.05, 0) is 38.0 Å². The van der Waals surface area contributed by atoms with Gasteiger partial charge in [-0.2, -0.15) is 0 Å². The maximum absolute atomic E-state index is 12.4. The van der Waals surface area contributed by atoms with Crippen molar-refractivity contribution in [2.75, 3.05) is 12.3 Å². The van der Waals surface area contributed by atoms with Gasteiger partial charge in [-0.1, -0.05) is 37.3 Å². The lowest BCUT2D eigenvalue weighted by atomic mass is 9.97. The largest absolute Gasteiger partial charge is 0.356 e. The Bertz CT molecular complexity index is 724. The van der Waals surface area contributed by atoms with E-state index in [1.165, 1.54) is 31.3 Å². The van der Waals surface area contributed by atoms with E-state index in [9.17, 15) is 9.59 Å². The number of allylic oxidation sites excluding steroid dienone is 1. The van der Waals surface area contributed by atoms with Gasteiger partial charge >= 0.3 is 0 Å². The van der Waals surface area contributed by atoms with Crippen LogP contribution in [0.4, 0.5) is 0 Å². The minimum Gasteiger partial charge on any atom is -0.356 e. The van der Waals surface area contributed by atoms with Gasteiger partial charge in [0.15, 0.2) is 5.16 Å². The van der Waals surface area contributed by atoms with Crippen molar-refractivity contribution < 1.29 is 4.79 Å². The SMILES string of the molecule is CC(C)c1cc(=O)n2c(n1)SC[C@@H]2CC(=O)NCCC1=CCCCC1. The molecule has 2 aliphatic rings. The van der Waals surface area contributed by atoms with Gasteiger partial charge in [0.25, 0.3) is 5.56 Å². The molecular weight excluding hydrogens is 334 g/mol. The number of carbonyl (C=O) groups is 1. The molecule has 1 aromatic heterocycles. The third-order valence-corrected chi connectivity index (χ3v) is 5.97. The highest BCUT2D eigenvalue weighted by Gasteiger charge is 2.27. The molecule has 136 valence electrons. The number of thioether (sulfide) groups is 1. The van der Waals surface area contributed by atoms with Crippen molar-refractivity contribution in [1.29, 1.82) is 0 Å². The Morgan fingerprint density at radius 1 is 1.44 bits per heavy atom. The number of rotatable bonds is 6. The zero-order valence-electron chi connectivity index (χ0n) is 15.1. The number of fused-ring (bicyclic) bond motifs is 1. The van der Waals surface area contributed by atoms with Crippen molar-refractivity contribution in [2.24, 2.45) is 0 Å². The van der Waals surface area contributed by atoms with Gasteiger partial charge in [0.1, 0.15) is 0 Å². The van der Waals surface area contributed by atoms with Crippen LogP contribution in [-0.2, 0) is 4.79 Å². The van der Waals surface area contributed by atoms with Gasteiger partial charge in [0, 0.05) is 24.8 Å². The van der Waals surface area contributed by atoms with Crippen LogP contribution in [0.25, 0.3) is 0 Å². The van der Waals surface area contributed by atoms with Crippen LogP contribution < -0.4 is 10.9 Å². The second-order valence-electron chi connectivity index (χ2n) is 7.20. The molecule has 1 amide bonds. The molecule has 6 heteroatoms. The van der Waals surface area contributed by atoms with E-state index in [1.54, 1.807) is 22.4 Å². The molecule has 0 saturated heterocycles. The lowest BCUT2D eigenvalue weighted by Crippen LogP contribution is -2.31. The summed E-state index contributed by atoms with van der Waals surface area (Å²) in [5, 5.41) is 3.76. The van der Waals surface area contributed by atoms with Gasteiger partial charge < -0.3 is 5.32 Å². The van der Waals surface area contributed by atoms with E-state index in [0.717, 1.165) is 23.0 Å². The van der Waals surface area contributed by atoms with Crippen LogP contribution in [0.2, 0.25) is 0 Å². The first kappa shape index (κ1) is 18.2. The molecule has 25 heavy (non-hydrogen) atoms. The van der Waals surface area contributed by atoms with Gasteiger partial charge in [-0.3, -0.25) is 14.2 Å². The highest BCUT2D eigenvalue weighted by Crippen LogP contribution is 2.32. The minimum absolute atomic E-state index is 0.0229. The predicted molar refractivity (Wildman–Crippen MR) is 101 cm³/mol. The highest BCUT2D eigenvalue weighted by atomic mass is 32.2. The fourth-order valence-corrected chi connectivity index (χ4v) is 4.55. The number of nitrogens with zero attached hydrogens (tertiary/aromatic N) is 2. The van der Waals surface area contributed by atoms with Crippen LogP contribution in [0.1, 0.15) is 70.0 Å². The molecule has 0 bridgehead atoms. The smallest absolute Gasteiger partial charge is 0.254 e. The molecule has 1 aliphatic heterocycles. The zero-order valence-corrected chi connectivity index (χ0v) is 15.9. The molecule has 2 heterocycles. The molecule has 0 aromatic carbocycles. The van der Waals surface area contributed by atoms with E-state index in [-0.39, 0.29) is 23.4 Å². The number of hydrogen-bond donors (Lipinski definition) is 1. The highest BCUT2D eigenvalue weighted by molar-refractivity contribution is 7.99. The molecule has 0 saturated carbocycles. The van der Waals surface area contributed by atoms with E-state index in [4.69, 9.17) is 0 Å². The maximum atomic E-state index is 12.4. The Labute approximate surface area is 153 Å². The van der Waals surface area contributed by atoms with Crippen molar-refractivity contribution >= 4 is 17.7 Å². The molecule has 1 N–H and O–H groups in total. The molecule has 0 radical (unpaired) electrons. The summed E-state index contributed by atoms with van der Waals surface area (Å²) in [5.74, 6) is 0.993. The number of hydrogen-bond acceptors (Lipinski definition) is 4. The molecule has 0 fully saturated rings. The van der Waals surface area contributed by atoms with E-state index in [0.29, 0.717) is 13.0 Å². The van der Waals surface area contributed by atoms with Crippen molar-refractivity contribution in [3.63, 3.8) is 0 Å². The maximum Gasteiger partial charge on any atom is 0.254 e. The third-order valence-electron chi connectivity index (χ3n) is 4.88. The Hall–Kier alpha value is -1.56. The van der Waals surface area contributed by atoms with Crippen LogP contribution in [0.15, 0.2) is 27.7 Å². The van der Waals surface area contributed by atoms with Gasteiger partial charge in [-0.15, -0.1) is 0 Å². The topological polar surface area (TPSA) is 64.0 Å². The van der Waals surface area contributed by atoms with E-state index >= 15 is 0 Å². The molecule has 1 atom stereocenters. The summed E-state index contributed by atoms with van der Waals surface area (Å²) in [6.07, 6.45) is 8.51. The normalized spacial score (nSPS) is 19.6. The minimum atomic E-state index is -0.0879. The number of aromatic nitrogens is 2. The van der Waals surface area contributed by atoms with Crippen molar-refractivity contribution in [3.8, 4) is 0 Å². The van der Waals surface area contributed by atoms with Crippen LogP contribution in [0.5, 0.6) is 0 Å². The first-order valence-corrected chi connectivity index (χ1v) is 10.2. The molecule has 1 aromatic rings. The van der Waals surface area contributed by atoms with Crippen LogP contribution in [-0.4, -0.2) is 27.8 Å². The van der Waals surface area contributed by atoms with Crippen LogP contribution in [0, 0.1) is 0 Å². The average molecular weight is 362 g/mol. The Balaban J connectivity index is 1.55. The van der Waals surface area contributed by atoms with Gasteiger partial charge in [-0.25, -0.2) is 4.98 Å². The molecule has 0 unspecified atom stereocenters. The summed E-state index contributed by atoms with van der Waals surface area (Å²) in [7, 11) is 0. The molecule has 1 aliphatic carbocycles. The van der Waals surface area contributed by atoms with E-state index in [1.807, 2.05) is 13.8 Å². The first-order valence-electron chi connectivity index (χ1n) is 9.25. The second kappa shape index (κ2) is 8.21. The quantitative estimate of drug-likeness (QED) is 0.623. The standard InChI is InChI=1S/C19H27N3O2S/c1-13(2)16-11-18(24)22-15(12-25-19(22)21-16)10-17(23)20-9-8-14-6-4-3-5-7-14/h6,11,13,15H,3-5,7-10,12H2,1-2H3,(H,20,23)/t15-/m0/s1. The van der Waals surface area contributed by atoms with Crippen LogP contribution >= 0.6 is 11.8 Å². The lowest BCUT2D eigenvalue weighted by Gasteiger charge is -2.15. The summed E-state index contributed by atoms with van der Waals surface area (Å²) < 4.78 is 1.69. The lowest BCUT2D eigenvalue weighted by molar-refractivity contribution is -0.121. The molecule has 3 rings (SSSR count). The molecule has 0 spiro atoms. The van der Waals surface area contributed by atoms with Crippen LogP contribution in [0.3, 0.4) is 0 Å². The monoisotopic (exact) mass is 361 g/mol. The zero-order chi connectivity index (χ0) is 17.8. The third kappa shape index (κ3) is 4.54. The Morgan fingerprint density at radius 2 is 2.28 bits per heavy atom. The molecule has 5 nitrogen and oxygen atoms in total. The summed E-state index contributed by atoms with van der Waals surface area (Å²) in [6, 6.07) is 1.52. The van der Waals surface area contributed by atoms with Gasteiger partial charge in [0.05, 0.1) is 11.7 Å². The van der Waals surface area contributed by atoms with E-state index in [2.05, 4.69) is 16.4 Å². The summed E-state index contributed by atoms with van der Waals surface area (Å²) in [4.78, 5) is 29.3. The van der Waals surface area contributed by atoms with Crippen molar-refractivity contribution in [1.82, 2.24) is 14.9 Å². The Kier molecular flexibility index (Phi) is 5.99. The van der Waals surface area contributed by atoms with E-state index < -0.39 is 0 Å². The number of carbonyl (C=O) groups excluding carboxylic acids is 1. The van der Waals surface area contributed by atoms with Gasteiger partial charge in [0.2, 0.25) is 5.91 Å². The summed E-state index contributed by atoms with van der Waals surface area (Å²) in [6.45, 7) is 4.76.